The lowest BCUT2D eigenvalue weighted by molar-refractivity contribution is -0.165. The molecule has 0 spiro atoms. The average Bonchev–Trinajstić information content (AvgIpc) is 2.19. The van der Waals surface area contributed by atoms with Crippen molar-refractivity contribution in [3.05, 3.63) is 27.8 Å². The van der Waals surface area contributed by atoms with Gasteiger partial charge in [0.25, 0.3) is 0 Å². The van der Waals surface area contributed by atoms with Crippen LogP contribution < -0.4 is 4.74 Å². The van der Waals surface area contributed by atoms with Crippen molar-refractivity contribution in [2.24, 2.45) is 5.92 Å². The molecular weight excluding hydrogens is 334 g/mol. The van der Waals surface area contributed by atoms with Gasteiger partial charge in [0.15, 0.2) is 5.92 Å². The fourth-order valence-electron chi connectivity index (χ4n) is 0.915. The van der Waals surface area contributed by atoms with Crippen LogP contribution in [-0.4, -0.2) is 12.8 Å². The third kappa shape index (κ3) is 3.89. The Bertz CT molecular complexity index is 383. The lowest BCUT2D eigenvalue weighted by Gasteiger charge is -2.14. The van der Waals surface area contributed by atoms with Crippen molar-refractivity contribution in [2.75, 3.05) is 6.61 Å². The van der Waals surface area contributed by atoms with Gasteiger partial charge in [-0.3, -0.25) is 0 Å². The summed E-state index contributed by atoms with van der Waals surface area (Å²) in [5.74, 6) is -1.77. The number of nitriles is 1. The van der Waals surface area contributed by atoms with Crippen molar-refractivity contribution in [3.8, 4) is 11.8 Å². The van der Waals surface area contributed by atoms with Crippen molar-refractivity contribution in [3.63, 3.8) is 0 Å². The summed E-state index contributed by atoms with van der Waals surface area (Å²) in [6.07, 6.45) is -4.54. The van der Waals surface area contributed by atoms with Crippen molar-refractivity contribution in [1.82, 2.24) is 0 Å². The zero-order valence-corrected chi connectivity index (χ0v) is 10.1. The number of hydrogen-bond donors (Lipinski definition) is 0. The molecule has 0 aliphatic carbocycles. The van der Waals surface area contributed by atoms with Gasteiger partial charge in [-0.2, -0.15) is 18.4 Å². The molecule has 2 nitrogen and oxygen atoms in total. The van der Waals surface area contributed by atoms with E-state index in [1.165, 1.54) is 6.07 Å². The summed E-state index contributed by atoms with van der Waals surface area (Å²) in [6.45, 7) is -0.680. The minimum absolute atomic E-state index is 0.324. The summed E-state index contributed by atoms with van der Waals surface area (Å²) in [5.41, 5.74) is 0. The fourth-order valence-corrected chi connectivity index (χ4v) is 1.27. The zero-order chi connectivity index (χ0) is 12.2. The molecular formula is C10H7F3INO. The smallest absolute Gasteiger partial charge is 0.407 e. The average molecular weight is 341 g/mol. The molecule has 0 N–H and O–H groups in total. The Hall–Kier alpha value is -0.970. The molecule has 1 aromatic rings. The lowest BCUT2D eigenvalue weighted by Crippen LogP contribution is -2.27. The standard InChI is InChI=1S/C10H7F3INO/c11-10(12,13)7(5-15)6-16-9-3-1-8(14)2-4-9/h1-4,7H,6H2. The second-order valence-electron chi connectivity index (χ2n) is 2.99. The first-order chi connectivity index (χ1) is 7.43. The van der Waals surface area contributed by atoms with Gasteiger partial charge in [0.1, 0.15) is 12.4 Å². The van der Waals surface area contributed by atoms with Gasteiger partial charge in [-0.25, -0.2) is 0 Å². The van der Waals surface area contributed by atoms with Gasteiger partial charge in [0, 0.05) is 3.57 Å². The van der Waals surface area contributed by atoms with E-state index in [-0.39, 0.29) is 0 Å². The first-order valence-electron chi connectivity index (χ1n) is 4.28. The third-order valence-corrected chi connectivity index (χ3v) is 2.50. The van der Waals surface area contributed by atoms with Crippen LogP contribution in [0.25, 0.3) is 0 Å². The first-order valence-corrected chi connectivity index (χ1v) is 5.36. The minimum Gasteiger partial charge on any atom is -0.492 e. The van der Waals surface area contributed by atoms with Gasteiger partial charge >= 0.3 is 6.18 Å². The molecule has 6 heteroatoms. The van der Waals surface area contributed by atoms with Crippen LogP contribution in [0.1, 0.15) is 0 Å². The van der Waals surface area contributed by atoms with Gasteiger partial charge in [-0.15, -0.1) is 0 Å². The number of halogens is 4. The number of hydrogen-bond acceptors (Lipinski definition) is 2. The maximum absolute atomic E-state index is 12.2. The van der Waals surface area contributed by atoms with Crippen LogP contribution in [0, 0.1) is 20.8 Å². The van der Waals surface area contributed by atoms with Crippen molar-refractivity contribution >= 4 is 22.6 Å². The zero-order valence-electron chi connectivity index (χ0n) is 7.96. The van der Waals surface area contributed by atoms with E-state index in [0.717, 1.165) is 3.57 Å². The molecule has 1 aromatic carbocycles. The summed E-state index contributed by atoms with van der Waals surface area (Å²) in [5, 5.41) is 8.33. The van der Waals surface area contributed by atoms with Crippen LogP contribution in [0.2, 0.25) is 0 Å². The van der Waals surface area contributed by atoms with Crippen LogP contribution in [0.3, 0.4) is 0 Å². The van der Waals surface area contributed by atoms with Crippen LogP contribution in [0.4, 0.5) is 13.2 Å². The molecule has 16 heavy (non-hydrogen) atoms. The van der Waals surface area contributed by atoms with Crippen molar-refractivity contribution < 1.29 is 17.9 Å². The van der Waals surface area contributed by atoms with Gasteiger partial charge in [0.05, 0.1) is 6.07 Å². The fraction of sp³-hybridized carbons (Fsp3) is 0.300. The first kappa shape index (κ1) is 13.1. The molecule has 0 aromatic heterocycles. The lowest BCUT2D eigenvalue weighted by atomic mass is 10.2. The Morgan fingerprint density at radius 2 is 1.88 bits per heavy atom. The highest BCUT2D eigenvalue weighted by Gasteiger charge is 2.40. The molecule has 86 valence electrons. The summed E-state index contributed by atoms with van der Waals surface area (Å²) < 4.78 is 42.4. The molecule has 1 atom stereocenters. The monoisotopic (exact) mass is 341 g/mol. The molecule has 1 unspecified atom stereocenters. The van der Waals surface area contributed by atoms with E-state index >= 15 is 0 Å². The SMILES string of the molecule is N#CC(COc1ccc(I)cc1)C(F)(F)F. The number of ether oxygens (including phenoxy) is 1. The Kier molecular flexibility index (Phi) is 4.41. The quantitative estimate of drug-likeness (QED) is 0.790. The Labute approximate surface area is 104 Å². The second kappa shape index (κ2) is 5.39. The predicted octanol–water partition coefficient (Wildman–Crippen LogP) is 3.37. The maximum atomic E-state index is 12.2. The number of benzene rings is 1. The van der Waals surface area contributed by atoms with Crippen LogP contribution in [0.5, 0.6) is 5.75 Å². The molecule has 0 amide bonds. The summed E-state index contributed by atoms with van der Waals surface area (Å²) >= 11 is 2.07. The molecule has 0 heterocycles. The highest BCUT2D eigenvalue weighted by atomic mass is 127. The van der Waals surface area contributed by atoms with Crippen LogP contribution >= 0.6 is 22.6 Å². The molecule has 0 saturated carbocycles. The third-order valence-electron chi connectivity index (χ3n) is 1.78. The van der Waals surface area contributed by atoms with E-state index in [9.17, 15) is 13.2 Å². The van der Waals surface area contributed by atoms with Gasteiger partial charge in [-0.1, -0.05) is 0 Å². The molecule has 0 bridgehead atoms. The minimum atomic E-state index is -4.54. The number of nitrogens with zero attached hydrogens (tertiary/aromatic N) is 1. The van der Waals surface area contributed by atoms with E-state index < -0.39 is 18.7 Å². The van der Waals surface area contributed by atoms with E-state index in [4.69, 9.17) is 10.00 Å². The molecule has 0 saturated heterocycles. The van der Waals surface area contributed by atoms with E-state index in [0.29, 0.717) is 5.75 Å². The Morgan fingerprint density at radius 3 is 2.31 bits per heavy atom. The summed E-state index contributed by atoms with van der Waals surface area (Å²) in [4.78, 5) is 0. The normalized spacial score (nSPS) is 12.9. The van der Waals surface area contributed by atoms with Crippen molar-refractivity contribution in [1.29, 1.82) is 5.26 Å². The molecule has 0 radical (unpaired) electrons. The number of rotatable bonds is 3. The topological polar surface area (TPSA) is 33.0 Å². The Balaban J connectivity index is 2.57. The highest BCUT2D eigenvalue weighted by Crippen LogP contribution is 2.26. The van der Waals surface area contributed by atoms with Gasteiger partial charge < -0.3 is 4.74 Å². The van der Waals surface area contributed by atoms with E-state index in [1.807, 2.05) is 0 Å². The molecule has 1 rings (SSSR count). The number of alkyl halides is 3. The molecule has 0 fully saturated rings. The molecule has 0 aliphatic rings. The van der Waals surface area contributed by atoms with Gasteiger partial charge in [-0.05, 0) is 46.9 Å². The van der Waals surface area contributed by atoms with Crippen LogP contribution in [-0.2, 0) is 0 Å². The summed E-state index contributed by atoms with van der Waals surface area (Å²) in [7, 11) is 0. The largest absolute Gasteiger partial charge is 0.492 e. The van der Waals surface area contributed by atoms with E-state index in [2.05, 4.69) is 22.6 Å². The molecule has 0 aliphatic heterocycles. The van der Waals surface area contributed by atoms with Crippen LogP contribution in [0.15, 0.2) is 24.3 Å². The van der Waals surface area contributed by atoms with Crippen molar-refractivity contribution in [2.45, 2.75) is 6.18 Å². The van der Waals surface area contributed by atoms with E-state index in [1.54, 1.807) is 24.3 Å². The van der Waals surface area contributed by atoms with Gasteiger partial charge in [0.2, 0.25) is 0 Å². The Morgan fingerprint density at radius 1 is 1.31 bits per heavy atom. The maximum Gasteiger partial charge on any atom is 0.407 e. The summed E-state index contributed by atoms with van der Waals surface area (Å²) in [6, 6.07) is 7.72. The predicted molar refractivity (Wildman–Crippen MR) is 59.8 cm³/mol. The highest BCUT2D eigenvalue weighted by molar-refractivity contribution is 14.1. The second-order valence-corrected chi connectivity index (χ2v) is 4.23.